The summed E-state index contributed by atoms with van der Waals surface area (Å²) >= 11 is 6.22. The molecule has 0 aliphatic rings. The Hall–Kier alpha value is -1.94. The van der Waals surface area contributed by atoms with Crippen LogP contribution in [0.2, 0.25) is 5.15 Å². The van der Waals surface area contributed by atoms with Crippen LogP contribution in [0.4, 0.5) is 0 Å². The molecule has 3 rings (SSSR count). The molecule has 0 radical (unpaired) electrons. The maximum Gasteiger partial charge on any atom is 0.178 e. The first-order chi connectivity index (χ1) is 8.65. The molecule has 0 unspecified atom stereocenters. The van der Waals surface area contributed by atoms with Crippen LogP contribution in [0.5, 0.6) is 0 Å². The van der Waals surface area contributed by atoms with E-state index in [1.165, 1.54) is 5.56 Å². The van der Waals surface area contributed by atoms with Gasteiger partial charge in [-0.25, -0.2) is 0 Å². The maximum atomic E-state index is 6.22. The Morgan fingerprint density at radius 2 is 1.78 bits per heavy atom. The molecular weight excluding hydrogens is 248 g/mol. The summed E-state index contributed by atoms with van der Waals surface area (Å²) in [6.45, 7) is 3.89. The van der Waals surface area contributed by atoms with Gasteiger partial charge in [-0.1, -0.05) is 41.4 Å². The Labute approximate surface area is 109 Å². The fourth-order valence-corrected chi connectivity index (χ4v) is 2.09. The van der Waals surface area contributed by atoms with Crippen LogP contribution in [0.15, 0.2) is 30.3 Å². The highest BCUT2D eigenvalue weighted by molar-refractivity contribution is 6.32. The molecule has 0 fully saturated rings. The van der Waals surface area contributed by atoms with E-state index in [4.69, 9.17) is 11.6 Å². The van der Waals surface area contributed by atoms with Gasteiger partial charge >= 0.3 is 0 Å². The number of nitrogens with zero attached hydrogens (tertiary/aromatic N) is 4. The first kappa shape index (κ1) is 11.2. The zero-order valence-corrected chi connectivity index (χ0v) is 10.8. The number of benzene rings is 1. The van der Waals surface area contributed by atoms with Crippen molar-refractivity contribution in [1.29, 1.82) is 0 Å². The smallest absolute Gasteiger partial charge is 0.178 e. The molecule has 0 aliphatic heterocycles. The highest BCUT2D eigenvalue weighted by Gasteiger charge is 2.10. The van der Waals surface area contributed by atoms with Crippen molar-refractivity contribution >= 4 is 17.2 Å². The fraction of sp³-hybridized carbons (Fsp3) is 0.154. The number of aryl methyl sites for hydroxylation is 2. The topological polar surface area (TPSA) is 43.1 Å². The molecule has 2 heterocycles. The predicted molar refractivity (Wildman–Crippen MR) is 70.7 cm³/mol. The van der Waals surface area contributed by atoms with E-state index in [1.807, 2.05) is 37.3 Å². The third kappa shape index (κ3) is 1.75. The van der Waals surface area contributed by atoms with E-state index < -0.39 is 0 Å². The molecule has 0 bridgehead atoms. The molecule has 5 heteroatoms. The van der Waals surface area contributed by atoms with E-state index in [1.54, 1.807) is 4.52 Å². The quantitative estimate of drug-likeness (QED) is 0.674. The van der Waals surface area contributed by atoms with Gasteiger partial charge in [0.2, 0.25) is 0 Å². The van der Waals surface area contributed by atoms with E-state index in [9.17, 15) is 0 Å². The second-order valence-corrected chi connectivity index (χ2v) is 4.59. The molecule has 0 atom stereocenters. The van der Waals surface area contributed by atoms with Crippen LogP contribution in [-0.4, -0.2) is 19.8 Å². The van der Waals surface area contributed by atoms with Crippen LogP contribution >= 0.6 is 11.6 Å². The first-order valence-electron chi connectivity index (χ1n) is 5.61. The van der Waals surface area contributed by atoms with Gasteiger partial charge in [-0.15, -0.1) is 10.2 Å². The Kier molecular flexibility index (Phi) is 2.52. The number of fused-ring (bicyclic) bond motifs is 1. The molecule has 0 N–H and O–H groups in total. The van der Waals surface area contributed by atoms with E-state index >= 15 is 0 Å². The van der Waals surface area contributed by atoms with Gasteiger partial charge in [0.1, 0.15) is 0 Å². The number of rotatable bonds is 1. The van der Waals surface area contributed by atoms with E-state index in [2.05, 4.69) is 22.2 Å². The lowest BCUT2D eigenvalue weighted by Crippen LogP contribution is -1.96. The molecule has 0 saturated heterocycles. The number of halogens is 1. The van der Waals surface area contributed by atoms with Gasteiger partial charge in [-0.2, -0.15) is 9.61 Å². The molecule has 0 aliphatic carbocycles. The van der Waals surface area contributed by atoms with Crippen LogP contribution in [0.25, 0.3) is 16.8 Å². The lowest BCUT2D eigenvalue weighted by molar-refractivity contribution is 0.876. The van der Waals surface area contributed by atoms with Crippen molar-refractivity contribution in [1.82, 2.24) is 19.8 Å². The predicted octanol–water partition coefficient (Wildman–Crippen LogP) is 3.06. The Bertz CT molecular complexity index is 716. The van der Waals surface area contributed by atoms with E-state index in [-0.39, 0.29) is 0 Å². The third-order valence-electron chi connectivity index (χ3n) is 2.87. The van der Waals surface area contributed by atoms with Crippen molar-refractivity contribution in [3.8, 4) is 11.1 Å². The van der Waals surface area contributed by atoms with Gasteiger partial charge in [0.25, 0.3) is 0 Å². The highest BCUT2D eigenvalue weighted by atomic mass is 35.5. The summed E-state index contributed by atoms with van der Waals surface area (Å²) in [5, 5.41) is 12.8. The van der Waals surface area contributed by atoms with Gasteiger partial charge in [0, 0.05) is 5.56 Å². The lowest BCUT2D eigenvalue weighted by Gasteiger charge is -2.05. The van der Waals surface area contributed by atoms with Crippen LogP contribution < -0.4 is 0 Å². The minimum absolute atomic E-state index is 0.453. The van der Waals surface area contributed by atoms with Gasteiger partial charge in [0.05, 0.1) is 0 Å². The molecule has 90 valence electrons. The van der Waals surface area contributed by atoms with Crippen molar-refractivity contribution in [2.24, 2.45) is 0 Å². The summed E-state index contributed by atoms with van der Waals surface area (Å²) in [5.41, 5.74) is 3.81. The summed E-state index contributed by atoms with van der Waals surface area (Å²) in [5.74, 6) is 0.724. The maximum absolute atomic E-state index is 6.22. The molecule has 4 nitrogen and oxygen atoms in total. The average Bonchev–Trinajstić information content (AvgIpc) is 2.71. The minimum atomic E-state index is 0.453. The second kappa shape index (κ2) is 4.07. The van der Waals surface area contributed by atoms with Crippen LogP contribution in [0.3, 0.4) is 0 Å². The normalized spacial score (nSPS) is 11.1. The summed E-state index contributed by atoms with van der Waals surface area (Å²) in [7, 11) is 0. The van der Waals surface area contributed by atoms with Crippen LogP contribution in [0.1, 0.15) is 11.4 Å². The fourth-order valence-electron chi connectivity index (χ4n) is 1.85. The molecular formula is C13H11ClN4. The van der Waals surface area contributed by atoms with E-state index in [0.29, 0.717) is 10.8 Å². The van der Waals surface area contributed by atoms with Gasteiger partial charge < -0.3 is 0 Å². The summed E-state index contributed by atoms with van der Waals surface area (Å²) < 4.78 is 1.64. The molecule has 0 amide bonds. The van der Waals surface area contributed by atoms with Crippen molar-refractivity contribution < 1.29 is 0 Å². The highest BCUT2D eigenvalue weighted by Crippen LogP contribution is 2.27. The van der Waals surface area contributed by atoms with Crippen LogP contribution in [-0.2, 0) is 0 Å². The molecule has 18 heavy (non-hydrogen) atoms. The largest absolute Gasteiger partial charge is 0.196 e. The van der Waals surface area contributed by atoms with E-state index in [0.717, 1.165) is 17.0 Å². The molecule has 3 aromatic rings. The van der Waals surface area contributed by atoms with Gasteiger partial charge in [-0.3, -0.25) is 0 Å². The molecule has 2 aromatic heterocycles. The number of hydrogen-bond donors (Lipinski definition) is 0. The zero-order chi connectivity index (χ0) is 12.7. The lowest BCUT2D eigenvalue weighted by atomic mass is 10.1. The minimum Gasteiger partial charge on any atom is -0.196 e. The van der Waals surface area contributed by atoms with Crippen molar-refractivity contribution in [2.45, 2.75) is 13.8 Å². The molecule has 1 aromatic carbocycles. The SMILES string of the molecule is Cc1ccc(-c2cc3nnc(C)n3nc2Cl)cc1. The van der Waals surface area contributed by atoms with Crippen molar-refractivity contribution in [3.63, 3.8) is 0 Å². The first-order valence-corrected chi connectivity index (χ1v) is 5.98. The standard InChI is InChI=1S/C13H11ClN4/c1-8-3-5-10(6-4-8)11-7-12-16-15-9(2)18(12)17-13(11)14/h3-7H,1-2H3. The Morgan fingerprint density at radius 3 is 2.50 bits per heavy atom. The molecule has 0 saturated carbocycles. The summed E-state index contributed by atoms with van der Waals surface area (Å²) in [6.07, 6.45) is 0. The van der Waals surface area contributed by atoms with Crippen molar-refractivity contribution in [3.05, 3.63) is 46.9 Å². The van der Waals surface area contributed by atoms with Gasteiger partial charge in [-0.05, 0) is 25.5 Å². The Morgan fingerprint density at radius 1 is 1.06 bits per heavy atom. The zero-order valence-electron chi connectivity index (χ0n) is 10.1. The number of hydrogen-bond acceptors (Lipinski definition) is 3. The summed E-state index contributed by atoms with van der Waals surface area (Å²) in [6, 6.07) is 10.0. The second-order valence-electron chi connectivity index (χ2n) is 4.23. The molecule has 0 spiro atoms. The van der Waals surface area contributed by atoms with Gasteiger partial charge in [0.15, 0.2) is 16.6 Å². The number of aromatic nitrogens is 4. The van der Waals surface area contributed by atoms with Crippen molar-refractivity contribution in [2.75, 3.05) is 0 Å². The summed E-state index contributed by atoms with van der Waals surface area (Å²) in [4.78, 5) is 0. The average molecular weight is 259 g/mol. The Balaban J connectivity index is 2.22. The monoisotopic (exact) mass is 258 g/mol. The third-order valence-corrected chi connectivity index (χ3v) is 3.15. The van der Waals surface area contributed by atoms with Crippen LogP contribution in [0, 0.1) is 13.8 Å².